The molecule has 1 fully saturated rings. The van der Waals surface area contributed by atoms with Crippen LogP contribution >= 0.6 is 0 Å². The van der Waals surface area contributed by atoms with Gasteiger partial charge in [0.2, 0.25) is 23.2 Å². The van der Waals surface area contributed by atoms with Gasteiger partial charge >= 0.3 is 0 Å². The van der Waals surface area contributed by atoms with Gasteiger partial charge in [-0.15, -0.1) is 0 Å². The van der Waals surface area contributed by atoms with Gasteiger partial charge in [0, 0.05) is 11.6 Å². The number of hydrogen-bond acceptors (Lipinski definition) is 10. The first-order chi connectivity index (χ1) is 14.7. The average molecular weight is 432 g/mol. The number of aryl methyl sites for hydroxylation is 1. The Hall–Kier alpha value is -3.31. The third-order valence-corrected chi connectivity index (χ3v) is 5.06. The molecule has 1 aliphatic heterocycles. The van der Waals surface area contributed by atoms with E-state index in [0.717, 1.165) is 11.6 Å². The molecular formula is C21H20O10. The fourth-order valence-electron chi connectivity index (χ4n) is 3.32. The Bertz CT molecular complexity index is 1180. The maximum Gasteiger partial charge on any atom is 0.238 e. The molecular weight excluding hydrogens is 412 g/mol. The molecule has 1 saturated heterocycles. The highest BCUT2D eigenvalue weighted by atomic mass is 16.7. The first-order valence-electron chi connectivity index (χ1n) is 9.33. The van der Waals surface area contributed by atoms with Crippen LogP contribution in [0.1, 0.15) is 5.56 Å². The second kappa shape index (κ2) is 7.75. The lowest BCUT2D eigenvalue weighted by molar-refractivity contribution is -0.242. The number of aromatic hydroxyl groups is 3. The van der Waals surface area contributed by atoms with E-state index in [1.54, 1.807) is 24.3 Å². The molecule has 6 N–H and O–H groups in total. The molecule has 1 aromatic heterocycles. The second-order valence-corrected chi connectivity index (χ2v) is 7.29. The third-order valence-electron chi connectivity index (χ3n) is 5.06. The minimum atomic E-state index is -1.69. The van der Waals surface area contributed by atoms with Gasteiger partial charge in [0.25, 0.3) is 0 Å². The van der Waals surface area contributed by atoms with Crippen molar-refractivity contribution in [3.8, 4) is 34.3 Å². The van der Waals surface area contributed by atoms with E-state index in [9.17, 15) is 35.4 Å². The van der Waals surface area contributed by atoms with E-state index >= 15 is 0 Å². The lowest BCUT2D eigenvalue weighted by Crippen LogP contribution is -2.54. The molecule has 4 unspecified atom stereocenters. The van der Waals surface area contributed by atoms with E-state index in [1.165, 1.54) is 0 Å². The van der Waals surface area contributed by atoms with Crippen molar-refractivity contribution in [2.24, 2.45) is 0 Å². The molecule has 3 aromatic rings. The first-order valence-corrected chi connectivity index (χ1v) is 9.33. The van der Waals surface area contributed by atoms with Crippen molar-refractivity contribution in [2.75, 3.05) is 6.61 Å². The summed E-state index contributed by atoms with van der Waals surface area (Å²) in [6.07, 6.45) is -6.14. The summed E-state index contributed by atoms with van der Waals surface area (Å²) in [6, 6.07) is 7.48. The summed E-state index contributed by atoms with van der Waals surface area (Å²) in [7, 11) is 0. The van der Waals surface area contributed by atoms with Gasteiger partial charge in [0.05, 0.1) is 6.61 Å². The smallest absolute Gasteiger partial charge is 0.238 e. The topological polar surface area (TPSA) is 170 Å². The molecule has 0 spiro atoms. The number of aliphatic hydroxyl groups is 3. The summed E-state index contributed by atoms with van der Waals surface area (Å²) in [6.45, 7) is 1.49. The van der Waals surface area contributed by atoms with E-state index in [0.29, 0.717) is 5.56 Å². The zero-order valence-electron chi connectivity index (χ0n) is 16.2. The summed E-state index contributed by atoms with van der Waals surface area (Å²) >= 11 is 0. The number of aliphatic hydroxyl groups excluding tert-OH is 3. The van der Waals surface area contributed by atoms with Crippen LogP contribution in [-0.2, 0) is 4.74 Å². The fourth-order valence-corrected chi connectivity index (χ4v) is 3.32. The van der Waals surface area contributed by atoms with E-state index < -0.39 is 64.0 Å². The Balaban J connectivity index is 1.89. The van der Waals surface area contributed by atoms with Crippen molar-refractivity contribution in [1.82, 2.24) is 0 Å². The Labute approximate surface area is 174 Å². The number of phenols is 2. The Morgan fingerprint density at radius 2 is 1.68 bits per heavy atom. The number of rotatable bonds is 3. The van der Waals surface area contributed by atoms with Crippen molar-refractivity contribution in [2.45, 2.75) is 31.5 Å². The SMILES string of the molecule is Cc1ccc(-c2oc3c(OC4OCC(O)C(O)C4O)c(O)cc(O)c3c(=O)c2O)cc1. The highest BCUT2D eigenvalue weighted by molar-refractivity contribution is 5.93. The minimum absolute atomic E-state index is 0.229. The van der Waals surface area contributed by atoms with E-state index in [-0.39, 0.29) is 12.4 Å². The van der Waals surface area contributed by atoms with Gasteiger partial charge < -0.3 is 44.5 Å². The van der Waals surface area contributed by atoms with Crippen molar-refractivity contribution >= 4 is 11.0 Å². The van der Waals surface area contributed by atoms with Crippen molar-refractivity contribution < 1.29 is 44.5 Å². The van der Waals surface area contributed by atoms with Crippen LogP contribution in [0.3, 0.4) is 0 Å². The van der Waals surface area contributed by atoms with Gasteiger partial charge in [-0.2, -0.15) is 0 Å². The summed E-state index contributed by atoms with van der Waals surface area (Å²) < 4.78 is 16.3. The zero-order chi connectivity index (χ0) is 22.4. The van der Waals surface area contributed by atoms with Crippen LogP contribution < -0.4 is 10.2 Å². The monoisotopic (exact) mass is 432 g/mol. The summed E-state index contributed by atoms with van der Waals surface area (Å²) in [5, 5.41) is 60.0. The molecule has 31 heavy (non-hydrogen) atoms. The van der Waals surface area contributed by atoms with Crippen LogP contribution in [0.25, 0.3) is 22.3 Å². The van der Waals surface area contributed by atoms with Gasteiger partial charge in [0.1, 0.15) is 29.4 Å². The van der Waals surface area contributed by atoms with Crippen molar-refractivity contribution in [3.05, 3.63) is 46.1 Å². The van der Waals surface area contributed by atoms with Crippen LogP contribution in [0.15, 0.2) is 39.5 Å². The van der Waals surface area contributed by atoms with E-state index in [2.05, 4.69) is 0 Å². The van der Waals surface area contributed by atoms with Crippen LogP contribution in [0.4, 0.5) is 0 Å². The third kappa shape index (κ3) is 3.55. The largest absolute Gasteiger partial charge is 0.507 e. The standard InChI is InChI=1S/C21H20O10/c1-8-2-4-9(5-3-8)18-16(27)15(26)13-10(22)6-11(23)19(20(13)30-18)31-21-17(28)14(25)12(24)7-29-21/h2-6,12,14,17,21-25,27-28H,7H2,1H3. The predicted octanol–water partition coefficient (Wildman–Crippen LogP) is 0.703. The Morgan fingerprint density at radius 3 is 2.35 bits per heavy atom. The number of ether oxygens (including phenoxy) is 2. The number of fused-ring (bicyclic) bond motifs is 1. The molecule has 4 rings (SSSR count). The molecule has 0 radical (unpaired) electrons. The van der Waals surface area contributed by atoms with Gasteiger partial charge in [-0.05, 0) is 6.92 Å². The summed E-state index contributed by atoms with van der Waals surface area (Å²) in [5.74, 6) is -2.76. The zero-order valence-corrected chi connectivity index (χ0v) is 16.2. The van der Waals surface area contributed by atoms with Crippen molar-refractivity contribution in [1.29, 1.82) is 0 Å². The Kier molecular flexibility index (Phi) is 5.23. The normalized spacial score (nSPS) is 23.7. The molecule has 10 heteroatoms. The molecule has 0 saturated carbocycles. The maximum atomic E-state index is 12.8. The number of benzene rings is 2. The van der Waals surface area contributed by atoms with Crippen LogP contribution in [0.5, 0.6) is 23.0 Å². The Morgan fingerprint density at radius 1 is 1.00 bits per heavy atom. The van der Waals surface area contributed by atoms with Gasteiger partial charge in [-0.3, -0.25) is 4.79 Å². The quantitative estimate of drug-likeness (QED) is 0.346. The maximum absolute atomic E-state index is 12.8. The lowest BCUT2D eigenvalue weighted by atomic mass is 10.1. The van der Waals surface area contributed by atoms with Crippen LogP contribution in [0.2, 0.25) is 0 Å². The molecule has 2 aromatic carbocycles. The summed E-state index contributed by atoms with van der Waals surface area (Å²) in [5.41, 5.74) is -0.106. The highest BCUT2D eigenvalue weighted by Gasteiger charge is 2.40. The molecule has 4 atom stereocenters. The fraction of sp³-hybridized carbons (Fsp3) is 0.286. The minimum Gasteiger partial charge on any atom is -0.507 e. The highest BCUT2D eigenvalue weighted by Crippen LogP contribution is 2.43. The first kappa shape index (κ1) is 20.9. The number of phenolic OH excluding ortho intramolecular Hbond substituents is 2. The van der Waals surface area contributed by atoms with Gasteiger partial charge in [-0.1, -0.05) is 29.8 Å². The van der Waals surface area contributed by atoms with Crippen molar-refractivity contribution in [3.63, 3.8) is 0 Å². The van der Waals surface area contributed by atoms with Gasteiger partial charge in [0.15, 0.2) is 17.1 Å². The molecule has 10 nitrogen and oxygen atoms in total. The molecule has 0 bridgehead atoms. The second-order valence-electron chi connectivity index (χ2n) is 7.29. The van der Waals surface area contributed by atoms with Crippen LogP contribution in [-0.4, -0.2) is 61.8 Å². The molecule has 0 aliphatic carbocycles. The molecule has 2 heterocycles. The molecule has 1 aliphatic rings. The van der Waals surface area contributed by atoms with E-state index in [4.69, 9.17) is 13.9 Å². The van der Waals surface area contributed by atoms with Crippen LogP contribution in [0, 0.1) is 6.92 Å². The molecule has 0 amide bonds. The van der Waals surface area contributed by atoms with Gasteiger partial charge in [-0.25, -0.2) is 0 Å². The summed E-state index contributed by atoms with van der Waals surface area (Å²) in [4.78, 5) is 12.8. The molecule has 164 valence electrons. The average Bonchev–Trinajstić information content (AvgIpc) is 2.73. The number of hydrogen-bond donors (Lipinski definition) is 6. The van der Waals surface area contributed by atoms with E-state index in [1.807, 2.05) is 6.92 Å². The predicted molar refractivity (Wildman–Crippen MR) is 106 cm³/mol. The lowest BCUT2D eigenvalue weighted by Gasteiger charge is -2.35.